The average molecular weight is 434 g/mol. The lowest BCUT2D eigenvalue weighted by atomic mass is 10.1. The van der Waals surface area contributed by atoms with Crippen LogP contribution in [0.3, 0.4) is 0 Å². The van der Waals surface area contributed by atoms with Gasteiger partial charge in [0.05, 0.1) is 6.61 Å². The van der Waals surface area contributed by atoms with Gasteiger partial charge >= 0.3 is 0 Å². The first-order chi connectivity index (χ1) is 12.8. The van der Waals surface area contributed by atoms with E-state index in [1.54, 1.807) is 0 Å². The fourth-order valence-electron chi connectivity index (χ4n) is 3.49. The van der Waals surface area contributed by atoms with E-state index in [2.05, 4.69) is 29.8 Å². The quantitative estimate of drug-likeness (QED) is 0.122. The fraction of sp³-hybridized carbons (Fsp3) is 1.00. The van der Waals surface area contributed by atoms with Gasteiger partial charge in [-0.15, -0.1) is 0 Å². The van der Waals surface area contributed by atoms with Crippen LogP contribution in [-0.2, 0) is 4.74 Å². The van der Waals surface area contributed by atoms with Gasteiger partial charge in [0, 0.05) is 11.4 Å². The van der Waals surface area contributed by atoms with Crippen LogP contribution in [0.25, 0.3) is 0 Å². The van der Waals surface area contributed by atoms with Crippen molar-refractivity contribution in [1.29, 1.82) is 0 Å². The molecule has 0 aromatic carbocycles. The molecule has 26 heavy (non-hydrogen) atoms. The standard InChI is InChI=1S/C24H49BrO/c1-3-5-7-9-11-13-14-16-18-20-22-26-23-24(25)21-19-17-15-12-10-8-6-4-2/h24H,3-23H2,1-2H3. The van der Waals surface area contributed by atoms with Crippen LogP contribution in [0.5, 0.6) is 0 Å². The highest BCUT2D eigenvalue weighted by molar-refractivity contribution is 9.09. The summed E-state index contributed by atoms with van der Waals surface area (Å²) < 4.78 is 5.84. The fourth-order valence-corrected chi connectivity index (χ4v) is 4.00. The monoisotopic (exact) mass is 432 g/mol. The van der Waals surface area contributed by atoms with Gasteiger partial charge in [-0.1, -0.05) is 139 Å². The summed E-state index contributed by atoms with van der Waals surface area (Å²) in [6, 6.07) is 0. The van der Waals surface area contributed by atoms with Crippen molar-refractivity contribution >= 4 is 15.9 Å². The predicted octanol–water partition coefficient (Wildman–Crippen LogP) is 9.22. The molecule has 0 aliphatic carbocycles. The Morgan fingerprint density at radius 1 is 0.538 bits per heavy atom. The molecule has 0 radical (unpaired) electrons. The maximum absolute atomic E-state index is 5.84. The van der Waals surface area contributed by atoms with E-state index in [1.165, 1.54) is 122 Å². The van der Waals surface area contributed by atoms with Gasteiger partial charge in [0.1, 0.15) is 0 Å². The number of hydrogen-bond acceptors (Lipinski definition) is 1. The third-order valence-corrected chi connectivity index (χ3v) is 6.03. The van der Waals surface area contributed by atoms with Crippen molar-refractivity contribution in [2.45, 2.75) is 141 Å². The Hall–Kier alpha value is 0.440. The van der Waals surface area contributed by atoms with E-state index in [1.807, 2.05) is 0 Å². The van der Waals surface area contributed by atoms with E-state index in [0.717, 1.165) is 13.2 Å². The number of alkyl halides is 1. The third kappa shape index (κ3) is 22.5. The molecule has 0 aromatic heterocycles. The summed E-state index contributed by atoms with van der Waals surface area (Å²) in [5.74, 6) is 0. The Morgan fingerprint density at radius 2 is 0.923 bits per heavy atom. The second kappa shape index (κ2) is 23.5. The van der Waals surface area contributed by atoms with Gasteiger partial charge in [0.2, 0.25) is 0 Å². The Morgan fingerprint density at radius 3 is 1.38 bits per heavy atom. The smallest absolute Gasteiger partial charge is 0.0591 e. The van der Waals surface area contributed by atoms with Crippen LogP contribution >= 0.6 is 15.9 Å². The molecule has 2 heteroatoms. The van der Waals surface area contributed by atoms with Crippen LogP contribution in [0.4, 0.5) is 0 Å². The molecule has 0 saturated carbocycles. The van der Waals surface area contributed by atoms with E-state index < -0.39 is 0 Å². The molecule has 0 bridgehead atoms. The van der Waals surface area contributed by atoms with Crippen LogP contribution in [0.1, 0.15) is 136 Å². The molecule has 0 amide bonds. The number of hydrogen-bond donors (Lipinski definition) is 0. The molecular formula is C24H49BrO. The average Bonchev–Trinajstić information content (AvgIpc) is 2.65. The first-order valence-electron chi connectivity index (χ1n) is 12.0. The minimum absolute atomic E-state index is 0.561. The lowest BCUT2D eigenvalue weighted by Gasteiger charge is -2.10. The molecule has 1 nitrogen and oxygen atoms in total. The summed E-state index contributed by atoms with van der Waals surface area (Å²) in [5.41, 5.74) is 0. The second-order valence-corrected chi connectivity index (χ2v) is 9.41. The Balaban J connectivity index is 3.11. The molecule has 0 heterocycles. The molecule has 0 fully saturated rings. The highest BCUT2D eigenvalue weighted by atomic mass is 79.9. The molecule has 0 aliphatic rings. The normalized spacial score (nSPS) is 12.6. The van der Waals surface area contributed by atoms with Gasteiger partial charge in [-0.3, -0.25) is 0 Å². The molecule has 0 aromatic rings. The lowest BCUT2D eigenvalue weighted by molar-refractivity contribution is 0.130. The molecule has 1 atom stereocenters. The van der Waals surface area contributed by atoms with Crippen molar-refractivity contribution in [3.8, 4) is 0 Å². The molecule has 0 spiro atoms. The zero-order chi connectivity index (χ0) is 19.1. The maximum Gasteiger partial charge on any atom is 0.0591 e. The van der Waals surface area contributed by atoms with Crippen molar-refractivity contribution < 1.29 is 4.74 Å². The first-order valence-corrected chi connectivity index (χ1v) is 12.9. The lowest BCUT2D eigenvalue weighted by Crippen LogP contribution is -2.09. The summed E-state index contributed by atoms with van der Waals surface area (Å²) >= 11 is 3.79. The highest BCUT2D eigenvalue weighted by Crippen LogP contribution is 2.15. The Labute approximate surface area is 174 Å². The maximum atomic E-state index is 5.84. The topological polar surface area (TPSA) is 9.23 Å². The molecule has 0 saturated heterocycles. The summed E-state index contributed by atoms with van der Waals surface area (Å²) in [6.45, 7) is 6.43. The zero-order valence-electron chi connectivity index (χ0n) is 18.2. The number of rotatable bonds is 22. The molecule has 0 aliphatic heterocycles. The number of ether oxygens (including phenoxy) is 1. The van der Waals surface area contributed by atoms with Gasteiger partial charge in [-0.2, -0.15) is 0 Å². The van der Waals surface area contributed by atoms with Gasteiger partial charge in [-0.05, 0) is 12.8 Å². The Kier molecular flexibility index (Phi) is 23.9. The van der Waals surface area contributed by atoms with Gasteiger partial charge < -0.3 is 4.74 Å². The van der Waals surface area contributed by atoms with Crippen molar-refractivity contribution in [2.75, 3.05) is 13.2 Å². The van der Waals surface area contributed by atoms with Crippen molar-refractivity contribution in [3.05, 3.63) is 0 Å². The predicted molar refractivity (Wildman–Crippen MR) is 123 cm³/mol. The largest absolute Gasteiger partial charge is 0.380 e. The molecule has 158 valence electrons. The van der Waals surface area contributed by atoms with Crippen LogP contribution in [0.2, 0.25) is 0 Å². The van der Waals surface area contributed by atoms with Crippen LogP contribution in [0.15, 0.2) is 0 Å². The second-order valence-electron chi connectivity index (χ2n) is 8.12. The first kappa shape index (κ1) is 26.4. The van der Waals surface area contributed by atoms with E-state index in [4.69, 9.17) is 4.74 Å². The number of unbranched alkanes of at least 4 members (excludes halogenated alkanes) is 16. The van der Waals surface area contributed by atoms with Crippen molar-refractivity contribution in [3.63, 3.8) is 0 Å². The highest BCUT2D eigenvalue weighted by Gasteiger charge is 2.04. The zero-order valence-corrected chi connectivity index (χ0v) is 19.8. The minimum Gasteiger partial charge on any atom is -0.380 e. The van der Waals surface area contributed by atoms with Crippen LogP contribution in [0, 0.1) is 0 Å². The number of halogens is 1. The molecular weight excluding hydrogens is 384 g/mol. The molecule has 1 unspecified atom stereocenters. The van der Waals surface area contributed by atoms with Crippen molar-refractivity contribution in [1.82, 2.24) is 0 Å². The van der Waals surface area contributed by atoms with E-state index in [0.29, 0.717) is 4.83 Å². The van der Waals surface area contributed by atoms with E-state index >= 15 is 0 Å². The van der Waals surface area contributed by atoms with E-state index in [9.17, 15) is 0 Å². The van der Waals surface area contributed by atoms with Gasteiger partial charge in [0.25, 0.3) is 0 Å². The van der Waals surface area contributed by atoms with E-state index in [-0.39, 0.29) is 0 Å². The van der Waals surface area contributed by atoms with Gasteiger partial charge in [0.15, 0.2) is 0 Å². The van der Waals surface area contributed by atoms with Gasteiger partial charge in [-0.25, -0.2) is 0 Å². The molecule has 0 N–H and O–H groups in total. The summed E-state index contributed by atoms with van der Waals surface area (Å²) in [7, 11) is 0. The minimum atomic E-state index is 0.561. The summed E-state index contributed by atoms with van der Waals surface area (Å²) in [4.78, 5) is 0.561. The molecule has 0 rings (SSSR count). The Bertz CT molecular complexity index is 244. The summed E-state index contributed by atoms with van der Waals surface area (Å²) in [5, 5.41) is 0. The van der Waals surface area contributed by atoms with Crippen LogP contribution in [-0.4, -0.2) is 18.0 Å². The van der Waals surface area contributed by atoms with Crippen molar-refractivity contribution in [2.24, 2.45) is 0 Å². The third-order valence-electron chi connectivity index (χ3n) is 5.31. The summed E-state index contributed by atoms with van der Waals surface area (Å²) in [6.07, 6.45) is 26.5. The van der Waals surface area contributed by atoms with Crippen LogP contribution < -0.4 is 0 Å². The SMILES string of the molecule is CCCCCCCCCCCCOCC(Br)CCCCCCCCCC.